The van der Waals surface area contributed by atoms with Crippen molar-refractivity contribution in [1.29, 1.82) is 0 Å². The van der Waals surface area contributed by atoms with Gasteiger partial charge in [-0.25, -0.2) is 0 Å². The highest BCUT2D eigenvalue weighted by atomic mass is 19.4. The molecular formula is C9H6F5NO. The van der Waals surface area contributed by atoms with Gasteiger partial charge in [-0.15, -0.1) is 0 Å². The number of benzene rings is 1. The fraction of sp³-hybridized carbons (Fsp3) is 0.222. The van der Waals surface area contributed by atoms with E-state index in [1.807, 2.05) is 0 Å². The van der Waals surface area contributed by atoms with Crippen LogP contribution in [0.5, 0.6) is 0 Å². The van der Waals surface area contributed by atoms with Crippen LogP contribution in [0.4, 0.5) is 22.0 Å². The van der Waals surface area contributed by atoms with Gasteiger partial charge in [0.05, 0.1) is 0 Å². The lowest BCUT2D eigenvalue weighted by atomic mass is 10.1. The van der Waals surface area contributed by atoms with Gasteiger partial charge in [-0.05, 0) is 12.1 Å². The molecule has 0 radical (unpaired) electrons. The molecule has 0 fully saturated rings. The number of carbonyl (C=O) groups is 1. The van der Waals surface area contributed by atoms with Crippen LogP contribution >= 0.6 is 0 Å². The van der Waals surface area contributed by atoms with Crippen LogP contribution in [0.2, 0.25) is 0 Å². The lowest BCUT2D eigenvalue weighted by molar-refractivity contribution is -0.289. The van der Waals surface area contributed by atoms with Gasteiger partial charge in [0.1, 0.15) is 0 Å². The third kappa shape index (κ3) is 2.12. The SMILES string of the molecule is NC(=O)c1ccc(C(F)(F)C(F)(F)F)cc1. The number of rotatable bonds is 2. The highest BCUT2D eigenvalue weighted by molar-refractivity contribution is 5.92. The van der Waals surface area contributed by atoms with Crippen LogP contribution in [0, 0.1) is 0 Å². The van der Waals surface area contributed by atoms with Crippen molar-refractivity contribution in [3.63, 3.8) is 0 Å². The Hall–Kier alpha value is -1.66. The van der Waals surface area contributed by atoms with E-state index in [0.29, 0.717) is 12.1 Å². The molecule has 16 heavy (non-hydrogen) atoms. The van der Waals surface area contributed by atoms with E-state index in [1.54, 1.807) is 0 Å². The molecule has 0 saturated carbocycles. The quantitative estimate of drug-likeness (QED) is 0.791. The summed E-state index contributed by atoms with van der Waals surface area (Å²) >= 11 is 0. The second kappa shape index (κ2) is 3.73. The van der Waals surface area contributed by atoms with Crippen LogP contribution in [0.25, 0.3) is 0 Å². The summed E-state index contributed by atoms with van der Waals surface area (Å²) in [5, 5.41) is 0. The van der Waals surface area contributed by atoms with E-state index in [9.17, 15) is 26.7 Å². The summed E-state index contributed by atoms with van der Waals surface area (Å²) in [7, 11) is 0. The molecular weight excluding hydrogens is 233 g/mol. The van der Waals surface area contributed by atoms with Crippen LogP contribution in [0.15, 0.2) is 24.3 Å². The zero-order valence-corrected chi connectivity index (χ0v) is 7.68. The maximum absolute atomic E-state index is 12.8. The van der Waals surface area contributed by atoms with Crippen molar-refractivity contribution in [3.8, 4) is 0 Å². The van der Waals surface area contributed by atoms with E-state index >= 15 is 0 Å². The molecule has 2 N–H and O–H groups in total. The second-order valence-electron chi connectivity index (χ2n) is 3.01. The predicted octanol–water partition coefficient (Wildman–Crippen LogP) is 2.44. The molecule has 0 aliphatic rings. The largest absolute Gasteiger partial charge is 0.458 e. The summed E-state index contributed by atoms with van der Waals surface area (Å²) in [6.07, 6.45) is -5.67. The molecule has 0 bridgehead atoms. The molecule has 0 heterocycles. The van der Waals surface area contributed by atoms with Crippen LogP contribution in [0.1, 0.15) is 15.9 Å². The zero-order chi connectivity index (χ0) is 12.6. The summed E-state index contributed by atoms with van der Waals surface area (Å²) in [4.78, 5) is 10.6. The maximum Gasteiger partial charge on any atom is 0.458 e. The number of amides is 1. The van der Waals surface area contributed by atoms with E-state index < -0.39 is 23.6 Å². The minimum Gasteiger partial charge on any atom is -0.366 e. The lowest BCUT2D eigenvalue weighted by Gasteiger charge is -2.19. The van der Waals surface area contributed by atoms with Gasteiger partial charge >= 0.3 is 12.1 Å². The smallest absolute Gasteiger partial charge is 0.366 e. The Balaban J connectivity index is 3.11. The first-order chi connectivity index (χ1) is 7.16. The predicted molar refractivity (Wildman–Crippen MR) is 44.9 cm³/mol. The number of nitrogens with two attached hydrogens (primary N) is 1. The summed E-state index contributed by atoms with van der Waals surface area (Å²) in [5.74, 6) is -5.84. The topological polar surface area (TPSA) is 43.1 Å². The van der Waals surface area contributed by atoms with Crippen LogP contribution in [-0.2, 0) is 5.92 Å². The third-order valence-electron chi connectivity index (χ3n) is 1.89. The number of halogens is 5. The van der Waals surface area contributed by atoms with Gasteiger partial charge < -0.3 is 5.73 Å². The van der Waals surface area contributed by atoms with Crippen molar-refractivity contribution in [3.05, 3.63) is 35.4 Å². The van der Waals surface area contributed by atoms with Gasteiger partial charge in [-0.2, -0.15) is 22.0 Å². The first kappa shape index (κ1) is 12.4. The van der Waals surface area contributed by atoms with Crippen molar-refractivity contribution < 1.29 is 26.7 Å². The average Bonchev–Trinajstić information content (AvgIpc) is 2.16. The first-order valence-electron chi connectivity index (χ1n) is 4.01. The Bertz CT molecular complexity index is 395. The maximum atomic E-state index is 12.8. The monoisotopic (exact) mass is 239 g/mol. The van der Waals surface area contributed by atoms with E-state index in [1.165, 1.54) is 0 Å². The number of hydrogen-bond acceptors (Lipinski definition) is 1. The Morgan fingerprint density at radius 2 is 1.44 bits per heavy atom. The minimum absolute atomic E-state index is 0.137. The van der Waals surface area contributed by atoms with Gasteiger partial charge in [0.15, 0.2) is 0 Å². The first-order valence-corrected chi connectivity index (χ1v) is 4.01. The second-order valence-corrected chi connectivity index (χ2v) is 3.01. The molecule has 88 valence electrons. The van der Waals surface area contributed by atoms with Gasteiger partial charge in [-0.3, -0.25) is 4.79 Å². The summed E-state index contributed by atoms with van der Waals surface area (Å²) in [5.41, 5.74) is 3.44. The van der Waals surface area contributed by atoms with Crippen molar-refractivity contribution >= 4 is 5.91 Å². The standard InChI is InChI=1S/C9H6F5NO/c10-8(11,9(12,13)14)6-3-1-5(2-4-6)7(15)16/h1-4H,(H2,15,16). The molecule has 1 aromatic rings. The van der Waals surface area contributed by atoms with Crippen LogP contribution in [0.3, 0.4) is 0 Å². The average molecular weight is 239 g/mol. The Morgan fingerprint density at radius 3 is 1.75 bits per heavy atom. The van der Waals surface area contributed by atoms with Gasteiger partial charge in [0.25, 0.3) is 0 Å². The third-order valence-corrected chi connectivity index (χ3v) is 1.89. The zero-order valence-electron chi connectivity index (χ0n) is 7.68. The highest BCUT2D eigenvalue weighted by Crippen LogP contribution is 2.43. The lowest BCUT2D eigenvalue weighted by Crippen LogP contribution is -2.33. The number of hydrogen-bond donors (Lipinski definition) is 1. The van der Waals surface area contributed by atoms with E-state index in [2.05, 4.69) is 0 Å². The van der Waals surface area contributed by atoms with Crippen LogP contribution in [-0.4, -0.2) is 12.1 Å². The molecule has 0 atom stereocenters. The van der Waals surface area contributed by atoms with E-state index in [4.69, 9.17) is 5.73 Å². The summed E-state index contributed by atoms with van der Waals surface area (Å²) < 4.78 is 61.3. The fourth-order valence-electron chi connectivity index (χ4n) is 1.01. The Kier molecular flexibility index (Phi) is 2.89. The van der Waals surface area contributed by atoms with Gasteiger partial charge in [-0.1, -0.05) is 12.1 Å². The molecule has 0 aliphatic carbocycles. The van der Waals surface area contributed by atoms with Crippen molar-refractivity contribution in [2.45, 2.75) is 12.1 Å². The van der Waals surface area contributed by atoms with Crippen LogP contribution < -0.4 is 5.73 Å². The normalized spacial score (nSPS) is 12.6. The molecule has 0 saturated heterocycles. The van der Waals surface area contributed by atoms with E-state index in [-0.39, 0.29) is 5.56 Å². The van der Waals surface area contributed by atoms with Crippen molar-refractivity contribution in [2.24, 2.45) is 5.73 Å². The number of carbonyl (C=O) groups excluding carboxylic acids is 1. The van der Waals surface area contributed by atoms with Gasteiger partial charge in [0, 0.05) is 11.1 Å². The molecule has 0 spiro atoms. The molecule has 1 aromatic carbocycles. The minimum atomic E-state index is -5.67. The fourth-order valence-corrected chi connectivity index (χ4v) is 1.01. The molecule has 1 amide bonds. The molecule has 0 aromatic heterocycles. The summed E-state index contributed by atoms with van der Waals surface area (Å²) in [6.45, 7) is 0. The highest BCUT2D eigenvalue weighted by Gasteiger charge is 2.58. The molecule has 0 unspecified atom stereocenters. The molecule has 1 rings (SSSR count). The van der Waals surface area contributed by atoms with E-state index in [0.717, 1.165) is 12.1 Å². The summed E-state index contributed by atoms with van der Waals surface area (Å²) in [6, 6.07) is 2.68. The Labute approximate surface area is 86.9 Å². The van der Waals surface area contributed by atoms with Gasteiger partial charge in [0.2, 0.25) is 5.91 Å². The molecule has 2 nitrogen and oxygen atoms in total. The Morgan fingerprint density at radius 1 is 1.00 bits per heavy atom. The molecule has 0 aliphatic heterocycles. The number of primary amides is 1. The molecule has 7 heteroatoms. The van der Waals surface area contributed by atoms with Crippen molar-refractivity contribution in [2.75, 3.05) is 0 Å². The number of alkyl halides is 5. The van der Waals surface area contributed by atoms with Crippen molar-refractivity contribution in [1.82, 2.24) is 0 Å².